The van der Waals surface area contributed by atoms with Crippen molar-refractivity contribution in [3.63, 3.8) is 0 Å². The van der Waals surface area contributed by atoms with Crippen molar-refractivity contribution in [3.8, 4) is 0 Å². The Morgan fingerprint density at radius 1 is 0.950 bits per heavy atom. The highest BCUT2D eigenvalue weighted by Crippen LogP contribution is 2.54. The molecule has 1 nitrogen and oxygen atoms in total. The zero-order valence-electron chi connectivity index (χ0n) is 12.5. The van der Waals surface area contributed by atoms with Crippen LogP contribution in [-0.2, 0) is 12.8 Å². The highest BCUT2D eigenvalue weighted by molar-refractivity contribution is 5.30. The third kappa shape index (κ3) is 2.11. The predicted octanol–water partition coefficient (Wildman–Crippen LogP) is 3.96. The van der Waals surface area contributed by atoms with Gasteiger partial charge in [-0.05, 0) is 86.4 Å². The first-order chi connectivity index (χ1) is 9.87. The SMILES string of the molecule is c1ccc2c(c1)CCC(C1CCCC13CCNCC3)C2. The van der Waals surface area contributed by atoms with Crippen LogP contribution < -0.4 is 5.32 Å². The van der Waals surface area contributed by atoms with Gasteiger partial charge in [0.2, 0.25) is 0 Å². The molecule has 0 radical (unpaired) electrons. The summed E-state index contributed by atoms with van der Waals surface area (Å²) in [5.41, 5.74) is 3.99. The summed E-state index contributed by atoms with van der Waals surface area (Å²) < 4.78 is 0. The summed E-state index contributed by atoms with van der Waals surface area (Å²) in [5, 5.41) is 3.58. The second-order valence-electron chi connectivity index (χ2n) is 7.38. The van der Waals surface area contributed by atoms with Gasteiger partial charge < -0.3 is 5.32 Å². The standard InChI is InChI=1S/C19H27N/c1-2-5-16-14-17(8-7-15(16)4-1)18-6-3-9-19(18)10-12-20-13-11-19/h1-2,4-5,17-18,20H,3,6-14H2. The van der Waals surface area contributed by atoms with E-state index in [0.717, 1.165) is 11.8 Å². The Morgan fingerprint density at radius 2 is 1.75 bits per heavy atom. The molecule has 1 aromatic carbocycles. The summed E-state index contributed by atoms with van der Waals surface area (Å²) in [4.78, 5) is 0. The van der Waals surface area contributed by atoms with E-state index in [2.05, 4.69) is 29.6 Å². The van der Waals surface area contributed by atoms with E-state index in [-0.39, 0.29) is 0 Å². The lowest BCUT2D eigenvalue weighted by atomic mass is 9.63. The Kier molecular flexibility index (Phi) is 3.34. The van der Waals surface area contributed by atoms with Crippen LogP contribution in [0.1, 0.15) is 49.7 Å². The van der Waals surface area contributed by atoms with Crippen molar-refractivity contribution in [2.24, 2.45) is 17.3 Å². The van der Waals surface area contributed by atoms with E-state index in [4.69, 9.17) is 0 Å². The fourth-order valence-electron chi connectivity index (χ4n) is 5.52. The molecule has 0 aromatic heterocycles. The third-order valence-corrected chi connectivity index (χ3v) is 6.53. The maximum Gasteiger partial charge on any atom is -0.00435 e. The molecule has 4 rings (SSSR count). The summed E-state index contributed by atoms with van der Waals surface area (Å²) in [7, 11) is 0. The largest absolute Gasteiger partial charge is 0.317 e. The summed E-state index contributed by atoms with van der Waals surface area (Å²) in [6.45, 7) is 2.53. The monoisotopic (exact) mass is 269 g/mol. The Labute approximate surface area is 123 Å². The van der Waals surface area contributed by atoms with Crippen molar-refractivity contribution in [2.45, 2.75) is 51.4 Å². The maximum absolute atomic E-state index is 3.58. The number of piperidine rings is 1. The average Bonchev–Trinajstić information content (AvgIpc) is 2.90. The molecule has 1 saturated carbocycles. The van der Waals surface area contributed by atoms with E-state index in [0.29, 0.717) is 5.41 Å². The lowest BCUT2D eigenvalue weighted by molar-refractivity contribution is 0.0846. The number of aryl methyl sites for hydroxylation is 1. The van der Waals surface area contributed by atoms with Crippen molar-refractivity contribution >= 4 is 0 Å². The van der Waals surface area contributed by atoms with Crippen LogP contribution in [0.15, 0.2) is 24.3 Å². The first kappa shape index (κ1) is 12.9. The van der Waals surface area contributed by atoms with E-state index in [9.17, 15) is 0 Å². The van der Waals surface area contributed by atoms with E-state index < -0.39 is 0 Å². The van der Waals surface area contributed by atoms with Gasteiger partial charge in [-0.1, -0.05) is 30.7 Å². The molecule has 0 bridgehead atoms. The molecule has 1 heteroatoms. The molecule has 2 unspecified atom stereocenters. The summed E-state index contributed by atoms with van der Waals surface area (Å²) in [6, 6.07) is 9.17. The molecule has 2 aliphatic carbocycles. The highest BCUT2D eigenvalue weighted by atomic mass is 14.9. The van der Waals surface area contributed by atoms with Crippen molar-refractivity contribution in [2.75, 3.05) is 13.1 Å². The molecule has 3 aliphatic rings. The molecule has 2 fully saturated rings. The molecule has 0 amide bonds. The minimum Gasteiger partial charge on any atom is -0.317 e. The number of nitrogens with one attached hydrogen (secondary N) is 1. The molecule has 1 heterocycles. The molecule has 1 aliphatic heterocycles. The van der Waals surface area contributed by atoms with Crippen LogP contribution in [0.5, 0.6) is 0 Å². The van der Waals surface area contributed by atoms with Gasteiger partial charge in [0, 0.05) is 0 Å². The Morgan fingerprint density at radius 3 is 2.60 bits per heavy atom. The average molecular weight is 269 g/mol. The molecule has 108 valence electrons. The van der Waals surface area contributed by atoms with Crippen molar-refractivity contribution in [1.82, 2.24) is 5.32 Å². The second kappa shape index (κ2) is 5.18. The fourth-order valence-corrected chi connectivity index (χ4v) is 5.52. The Bertz CT molecular complexity index is 472. The molecular formula is C19H27N. The van der Waals surface area contributed by atoms with E-state index in [1.807, 2.05) is 0 Å². The number of benzene rings is 1. The minimum absolute atomic E-state index is 0.711. The summed E-state index contributed by atoms with van der Waals surface area (Å²) >= 11 is 0. The van der Waals surface area contributed by atoms with Crippen molar-refractivity contribution in [1.29, 1.82) is 0 Å². The second-order valence-corrected chi connectivity index (χ2v) is 7.38. The Hall–Kier alpha value is -0.820. The normalized spacial score (nSPS) is 32.2. The van der Waals surface area contributed by atoms with Gasteiger partial charge in [-0.15, -0.1) is 0 Å². The van der Waals surface area contributed by atoms with Crippen molar-refractivity contribution < 1.29 is 0 Å². The molecular weight excluding hydrogens is 242 g/mol. The van der Waals surface area contributed by atoms with E-state index in [1.54, 1.807) is 11.1 Å². The van der Waals surface area contributed by atoms with Crippen LogP contribution in [0.25, 0.3) is 0 Å². The number of hydrogen-bond donors (Lipinski definition) is 1. The molecule has 1 saturated heterocycles. The zero-order valence-corrected chi connectivity index (χ0v) is 12.5. The molecule has 2 atom stereocenters. The van der Waals surface area contributed by atoms with Crippen LogP contribution in [0.3, 0.4) is 0 Å². The van der Waals surface area contributed by atoms with Gasteiger partial charge in [0.1, 0.15) is 0 Å². The van der Waals surface area contributed by atoms with Gasteiger partial charge in [-0.25, -0.2) is 0 Å². The van der Waals surface area contributed by atoms with Gasteiger partial charge in [0.25, 0.3) is 0 Å². The van der Waals surface area contributed by atoms with Crippen LogP contribution in [0.2, 0.25) is 0 Å². The van der Waals surface area contributed by atoms with Gasteiger partial charge in [-0.3, -0.25) is 0 Å². The molecule has 20 heavy (non-hydrogen) atoms. The van der Waals surface area contributed by atoms with Crippen LogP contribution in [0.4, 0.5) is 0 Å². The molecule has 1 spiro atoms. The predicted molar refractivity (Wildman–Crippen MR) is 83.8 cm³/mol. The minimum atomic E-state index is 0.711. The number of hydrogen-bond acceptors (Lipinski definition) is 1. The van der Waals surface area contributed by atoms with Crippen LogP contribution in [-0.4, -0.2) is 13.1 Å². The zero-order chi connectivity index (χ0) is 13.4. The van der Waals surface area contributed by atoms with E-state index >= 15 is 0 Å². The van der Waals surface area contributed by atoms with Gasteiger partial charge in [-0.2, -0.15) is 0 Å². The van der Waals surface area contributed by atoms with Crippen LogP contribution >= 0.6 is 0 Å². The third-order valence-electron chi connectivity index (χ3n) is 6.53. The lowest BCUT2D eigenvalue weighted by Crippen LogP contribution is -2.42. The quantitative estimate of drug-likeness (QED) is 0.813. The maximum atomic E-state index is 3.58. The first-order valence-electron chi connectivity index (χ1n) is 8.65. The topological polar surface area (TPSA) is 12.0 Å². The summed E-state index contributed by atoms with van der Waals surface area (Å²) in [6.07, 6.45) is 11.5. The molecule has 1 aromatic rings. The Balaban J connectivity index is 1.56. The highest BCUT2D eigenvalue weighted by Gasteiger charge is 2.46. The van der Waals surface area contributed by atoms with Crippen LogP contribution in [0, 0.1) is 17.3 Å². The molecule has 1 N–H and O–H groups in total. The van der Waals surface area contributed by atoms with Gasteiger partial charge in [0.05, 0.1) is 0 Å². The number of fused-ring (bicyclic) bond motifs is 1. The van der Waals surface area contributed by atoms with Crippen molar-refractivity contribution in [3.05, 3.63) is 35.4 Å². The van der Waals surface area contributed by atoms with Gasteiger partial charge in [0.15, 0.2) is 0 Å². The summed E-state index contributed by atoms with van der Waals surface area (Å²) in [5.74, 6) is 1.98. The number of rotatable bonds is 1. The lowest BCUT2D eigenvalue weighted by Gasteiger charge is -2.44. The smallest absolute Gasteiger partial charge is 0.00435 e. The first-order valence-corrected chi connectivity index (χ1v) is 8.65. The fraction of sp³-hybridized carbons (Fsp3) is 0.684. The van der Waals surface area contributed by atoms with E-state index in [1.165, 1.54) is 64.5 Å². The van der Waals surface area contributed by atoms with Gasteiger partial charge >= 0.3 is 0 Å².